The summed E-state index contributed by atoms with van der Waals surface area (Å²) in [6.45, 7) is 0.716. The quantitative estimate of drug-likeness (QED) is 0.822. The SMILES string of the molecule is O=C(c1cncc(Br)c1)N1CCCC1c1ccc(F)cc1. The maximum Gasteiger partial charge on any atom is 0.255 e. The lowest BCUT2D eigenvalue weighted by Gasteiger charge is -2.25. The Kier molecular flexibility index (Phi) is 4.01. The molecule has 0 saturated carbocycles. The lowest BCUT2D eigenvalue weighted by molar-refractivity contribution is 0.0735. The van der Waals surface area contributed by atoms with E-state index < -0.39 is 0 Å². The van der Waals surface area contributed by atoms with E-state index in [2.05, 4.69) is 20.9 Å². The molecule has 0 spiro atoms. The Balaban J connectivity index is 1.87. The van der Waals surface area contributed by atoms with Gasteiger partial charge in [-0.15, -0.1) is 0 Å². The van der Waals surface area contributed by atoms with Crippen LogP contribution in [0, 0.1) is 5.82 Å². The van der Waals surface area contributed by atoms with Crippen molar-refractivity contribution >= 4 is 21.8 Å². The first-order valence-electron chi connectivity index (χ1n) is 6.82. The van der Waals surface area contributed by atoms with E-state index in [1.54, 1.807) is 30.6 Å². The van der Waals surface area contributed by atoms with E-state index in [0.717, 1.165) is 22.9 Å². The molecule has 3 nitrogen and oxygen atoms in total. The van der Waals surface area contributed by atoms with Crippen molar-refractivity contribution in [1.29, 1.82) is 0 Å². The highest BCUT2D eigenvalue weighted by atomic mass is 79.9. The standard InChI is InChI=1S/C16H14BrFN2O/c17-13-8-12(9-19-10-13)16(21)20-7-1-2-15(20)11-3-5-14(18)6-4-11/h3-6,8-10,15H,1-2,7H2. The number of benzene rings is 1. The molecule has 2 heterocycles. The molecule has 1 unspecified atom stereocenters. The number of aromatic nitrogens is 1. The molecule has 0 N–H and O–H groups in total. The predicted molar refractivity (Wildman–Crippen MR) is 81.3 cm³/mol. The lowest BCUT2D eigenvalue weighted by Crippen LogP contribution is -2.30. The second kappa shape index (κ2) is 5.93. The highest BCUT2D eigenvalue weighted by molar-refractivity contribution is 9.10. The third kappa shape index (κ3) is 2.97. The van der Waals surface area contributed by atoms with E-state index >= 15 is 0 Å². The molecule has 0 aliphatic carbocycles. The average Bonchev–Trinajstić information content (AvgIpc) is 2.96. The molecule has 0 radical (unpaired) electrons. The van der Waals surface area contributed by atoms with E-state index in [1.165, 1.54) is 12.1 Å². The topological polar surface area (TPSA) is 33.2 Å². The molecule has 1 fully saturated rings. The van der Waals surface area contributed by atoms with Gasteiger partial charge in [0.25, 0.3) is 5.91 Å². The minimum Gasteiger partial charge on any atom is -0.332 e. The van der Waals surface area contributed by atoms with Crippen molar-refractivity contribution in [1.82, 2.24) is 9.88 Å². The van der Waals surface area contributed by atoms with Gasteiger partial charge in [0.15, 0.2) is 0 Å². The number of hydrogen-bond acceptors (Lipinski definition) is 2. The van der Waals surface area contributed by atoms with Gasteiger partial charge in [-0.1, -0.05) is 12.1 Å². The van der Waals surface area contributed by atoms with Crippen LogP contribution in [0.4, 0.5) is 4.39 Å². The lowest BCUT2D eigenvalue weighted by atomic mass is 10.0. The number of carbonyl (C=O) groups is 1. The monoisotopic (exact) mass is 348 g/mol. The molecule has 1 saturated heterocycles. The van der Waals surface area contributed by atoms with Crippen LogP contribution in [0.3, 0.4) is 0 Å². The highest BCUT2D eigenvalue weighted by Gasteiger charge is 2.30. The molecule has 0 bridgehead atoms. The zero-order valence-electron chi connectivity index (χ0n) is 11.3. The van der Waals surface area contributed by atoms with Crippen LogP contribution in [0.25, 0.3) is 0 Å². The molecular weight excluding hydrogens is 335 g/mol. The Morgan fingerprint density at radius 3 is 2.76 bits per heavy atom. The molecule has 108 valence electrons. The van der Waals surface area contributed by atoms with Crippen LogP contribution < -0.4 is 0 Å². The molecule has 1 atom stereocenters. The first kappa shape index (κ1) is 14.2. The van der Waals surface area contributed by atoms with Crippen molar-refractivity contribution in [2.45, 2.75) is 18.9 Å². The third-order valence-electron chi connectivity index (χ3n) is 3.72. The third-order valence-corrected chi connectivity index (χ3v) is 4.15. The van der Waals surface area contributed by atoms with Gasteiger partial charge in [0.2, 0.25) is 0 Å². The summed E-state index contributed by atoms with van der Waals surface area (Å²) < 4.78 is 13.8. The normalized spacial score (nSPS) is 18.0. The zero-order chi connectivity index (χ0) is 14.8. The molecule has 2 aromatic rings. The summed E-state index contributed by atoms with van der Waals surface area (Å²) in [4.78, 5) is 18.5. The predicted octanol–water partition coefficient (Wildman–Crippen LogP) is 3.96. The second-order valence-electron chi connectivity index (χ2n) is 5.10. The van der Waals surface area contributed by atoms with Gasteiger partial charge in [-0.25, -0.2) is 4.39 Å². The van der Waals surface area contributed by atoms with Gasteiger partial charge >= 0.3 is 0 Å². The number of hydrogen-bond donors (Lipinski definition) is 0. The van der Waals surface area contributed by atoms with E-state index in [4.69, 9.17) is 0 Å². The van der Waals surface area contributed by atoms with Crippen molar-refractivity contribution in [3.8, 4) is 0 Å². The van der Waals surface area contributed by atoms with Gasteiger partial charge in [0.05, 0.1) is 11.6 Å². The van der Waals surface area contributed by atoms with E-state index in [1.807, 2.05) is 4.90 Å². The highest BCUT2D eigenvalue weighted by Crippen LogP contribution is 2.33. The molecule has 3 rings (SSSR count). The largest absolute Gasteiger partial charge is 0.332 e. The van der Waals surface area contributed by atoms with Gasteiger partial charge in [-0.05, 0) is 52.5 Å². The van der Waals surface area contributed by atoms with Gasteiger partial charge in [-0.2, -0.15) is 0 Å². The van der Waals surface area contributed by atoms with Crippen LogP contribution in [0.15, 0.2) is 47.2 Å². The Morgan fingerprint density at radius 1 is 1.29 bits per heavy atom. The Bertz CT molecular complexity index is 660. The molecule has 1 aromatic carbocycles. The Morgan fingerprint density at radius 2 is 2.05 bits per heavy atom. The summed E-state index contributed by atoms with van der Waals surface area (Å²) >= 11 is 3.33. The number of pyridine rings is 1. The van der Waals surface area contributed by atoms with Crippen molar-refractivity contribution < 1.29 is 9.18 Å². The van der Waals surface area contributed by atoms with Crippen LogP contribution in [0.2, 0.25) is 0 Å². The average molecular weight is 349 g/mol. The number of likely N-dealkylation sites (tertiary alicyclic amines) is 1. The second-order valence-corrected chi connectivity index (χ2v) is 6.02. The smallest absolute Gasteiger partial charge is 0.255 e. The zero-order valence-corrected chi connectivity index (χ0v) is 12.9. The molecule has 1 amide bonds. The Hall–Kier alpha value is -1.75. The summed E-state index contributed by atoms with van der Waals surface area (Å²) in [5.41, 5.74) is 1.54. The molecule has 1 aliphatic rings. The van der Waals surface area contributed by atoms with Crippen molar-refractivity contribution in [2.75, 3.05) is 6.54 Å². The summed E-state index contributed by atoms with van der Waals surface area (Å²) in [5, 5.41) is 0. The van der Waals surface area contributed by atoms with Crippen LogP contribution in [-0.2, 0) is 0 Å². The minimum atomic E-state index is -0.259. The van der Waals surface area contributed by atoms with Crippen LogP contribution in [0.5, 0.6) is 0 Å². The van der Waals surface area contributed by atoms with Gasteiger partial charge in [0.1, 0.15) is 5.82 Å². The van der Waals surface area contributed by atoms with Crippen LogP contribution >= 0.6 is 15.9 Å². The van der Waals surface area contributed by atoms with Gasteiger partial charge in [-0.3, -0.25) is 9.78 Å². The van der Waals surface area contributed by atoms with Crippen LogP contribution in [-0.4, -0.2) is 22.3 Å². The molecule has 21 heavy (non-hydrogen) atoms. The molecule has 5 heteroatoms. The first-order chi connectivity index (χ1) is 10.1. The molecule has 1 aromatic heterocycles. The van der Waals surface area contributed by atoms with E-state index in [9.17, 15) is 9.18 Å². The van der Waals surface area contributed by atoms with Crippen molar-refractivity contribution in [2.24, 2.45) is 0 Å². The minimum absolute atomic E-state index is 0.0112. The maximum atomic E-state index is 13.0. The number of halogens is 2. The molecule has 1 aliphatic heterocycles. The first-order valence-corrected chi connectivity index (χ1v) is 7.61. The number of nitrogens with zero attached hydrogens (tertiary/aromatic N) is 2. The summed E-state index contributed by atoms with van der Waals surface area (Å²) in [5.74, 6) is -0.290. The van der Waals surface area contributed by atoms with Gasteiger partial charge < -0.3 is 4.90 Å². The molecular formula is C16H14BrFN2O. The fourth-order valence-corrected chi connectivity index (χ4v) is 3.10. The van der Waals surface area contributed by atoms with E-state index in [-0.39, 0.29) is 17.8 Å². The fraction of sp³-hybridized carbons (Fsp3) is 0.250. The van der Waals surface area contributed by atoms with Crippen molar-refractivity contribution in [3.05, 3.63) is 64.1 Å². The maximum absolute atomic E-state index is 13.0. The number of carbonyl (C=O) groups excluding carboxylic acids is 1. The summed E-state index contributed by atoms with van der Waals surface area (Å²) in [6.07, 6.45) is 5.08. The Labute approximate surface area is 130 Å². The van der Waals surface area contributed by atoms with Crippen LogP contribution in [0.1, 0.15) is 34.8 Å². The summed E-state index contributed by atoms with van der Waals surface area (Å²) in [7, 11) is 0. The van der Waals surface area contributed by atoms with Crippen molar-refractivity contribution in [3.63, 3.8) is 0 Å². The summed E-state index contributed by atoms with van der Waals surface area (Å²) in [6, 6.07) is 8.18. The van der Waals surface area contributed by atoms with E-state index in [0.29, 0.717) is 12.1 Å². The number of rotatable bonds is 2. The van der Waals surface area contributed by atoms with Gasteiger partial charge in [0, 0.05) is 23.4 Å². The fourth-order valence-electron chi connectivity index (χ4n) is 2.74. The number of amides is 1.